The van der Waals surface area contributed by atoms with E-state index in [1.54, 1.807) is 0 Å². The van der Waals surface area contributed by atoms with E-state index in [9.17, 15) is 9.90 Å². The maximum Gasteiger partial charge on any atom is 0.309 e. The highest BCUT2D eigenvalue weighted by Crippen LogP contribution is 2.38. The highest BCUT2D eigenvalue weighted by atomic mass is 16.7. The van der Waals surface area contributed by atoms with Crippen LogP contribution in [0.2, 0.25) is 0 Å². The van der Waals surface area contributed by atoms with Crippen molar-refractivity contribution in [2.24, 2.45) is 11.3 Å². The summed E-state index contributed by atoms with van der Waals surface area (Å²) in [5.41, 5.74) is -0.549. The van der Waals surface area contributed by atoms with Gasteiger partial charge < -0.3 is 14.6 Å². The van der Waals surface area contributed by atoms with E-state index in [2.05, 4.69) is 26.8 Å². The lowest BCUT2D eigenvalue weighted by atomic mass is 9.72. The van der Waals surface area contributed by atoms with Crippen molar-refractivity contribution in [2.75, 3.05) is 13.2 Å². The molecule has 0 aliphatic heterocycles. The van der Waals surface area contributed by atoms with Crippen molar-refractivity contribution in [3.05, 3.63) is 12.2 Å². The van der Waals surface area contributed by atoms with E-state index < -0.39 is 11.4 Å². The monoisotopic (exact) mass is 356 g/mol. The van der Waals surface area contributed by atoms with Crippen LogP contribution < -0.4 is 0 Å². The number of unbranched alkanes of at least 4 members (excludes halogenated alkanes) is 3. The average molecular weight is 357 g/mol. The van der Waals surface area contributed by atoms with E-state index in [1.807, 2.05) is 19.9 Å². The molecule has 0 saturated heterocycles. The number of carbonyl (C=O) groups is 1. The zero-order valence-electron chi connectivity index (χ0n) is 17.1. The van der Waals surface area contributed by atoms with E-state index in [0.717, 1.165) is 51.4 Å². The minimum Gasteiger partial charge on any atom is -0.481 e. The summed E-state index contributed by atoms with van der Waals surface area (Å²) in [4.78, 5) is 12.0. The van der Waals surface area contributed by atoms with Crippen LogP contribution >= 0.6 is 0 Å². The number of allylic oxidation sites excluding steroid dienone is 1. The van der Waals surface area contributed by atoms with Gasteiger partial charge in [0.2, 0.25) is 0 Å². The smallest absolute Gasteiger partial charge is 0.309 e. The molecule has 0 aliphatic carbocycles. The van der Waals surface area contributed by atoms with Crippen LogP contribution in [0, 0.1) is 11.3 Å². The number of carboxylic acid groups (broad SMARTS) is 1. The number of ether oxygens (including phenoxy) is 2. The topological polar surface area (TPSA) is 55.8 Å². The summed E-state index contributed by atoms with van der Waals surface area (Å²) in [7, 11) is 0. The standard InChI is InChI=1S/C21H40O4/c1-6-9-15-21(20(22)23,17-18(4)5)16-13-11-10-12-14-19(24-7-2)25-8-3/h12,14,18-19H,6-11,13,15-17H2,1-5H3,(H,22,23)/b14-12-. The zero-order chi connectivity index (χ0) is 19.1. The molecule has 148 valence electrons. The second kappa shape index (κ2) is 14.3. The lowest BCUT2D eigenvalue weighted by Crippen LogP contribution is -2.32. The van der Waals surface area contributed by atoms with E-state index in [1.165, 1.54) is 0 Å². The molecule has 0 spiro atoms. The minimum atomic E-state index is -0.613. The van der Waals surface area contributed by atoms with Gasteiger partial charge in [-0.15, -0.1) is 0 Å². The quantitative estimate of drug-likeness (QED) is 0.215. The van der Waals surface area contributed by atoms with Gasteiger partial charge >= 0.3 is 5.97 Å². The molecule has 0 aromatic carbocycles. The molecule has 0 saturated carbocycles. The normalized spacial score (nSPS) is 14.5. The molecule has 0 bridgehead atoms. The summed E-state index contributed by atoms with van der Waals surface area (Å²) in [5.74, 6) is -0.205. The molecule has 0 aliphatic rings. The Balaban J connectivity index is 4.47. The summed E-state index contributed by atoms with van der Waals surface area (Å²) < 4.78 is 11.0. The summed E-state index contributed by atoms with van der Waals surface area (Å²) in [5, 5.41) is 9.85. The molecule has 25 heavy (non-hydrogen) atoms. The highest BCUT2D eigenvalue weighted by Gasteiger charge is 2.37. The fourth-order valence-electron chi connectivity index (χ4n) is 3.35. The SMILES string of the molecule is CCCCC(CCCC/C=C\C(OCC)OCC)(CC(C)C)C(=O)O. The van der Waals surface area contributed by atoms with Crippen molar-refractivity contribution in [1.82, 2.24) is 0 Å². The summed E-state index contributed by atoms with van der Waals surface area (Å²) in [6.45, 7) is 11.5. The van der Waals surface area contributed by atoms with Crippen molar-refractivity contribution in [1.29, 1.82) is 0 Å². The van der Waals surface area contributed by atoms with Crippen LogP contribution in [0.5, 0.6) is 0 Å². The highest BCUT2D eigenvalue weighted by molar-refractivity contribution is 5.74. The van der Waals surface area contributed by atoms with Gasteiger partial charge in [0.25, 0.3) is 0 Å². The Hall–Kier alpha value is -0.870. The van der Waals surface area contributed by atoms with Crippen molar-refractivity contribution in [3.8, 4) is 0 Å². The molecule has 0 heterocycles. The fourth-order valence-corrected chi connectivity index (χ4v) is 3.35. The van der Waals surface area contributed by atoms with Crippen molar-refractivity contribution >= 4 is 5.97 Å². The van der Waals surface area contributed by atoms with E-state index in [-0.39, 0.29) is 6.29 Å². The molecule has 1 unspecified atom stereocenters. The molecule has 0 radical (unpaired) electrons. The van der Waals surface area contributed by atoms with Crippen LogP contribution in [0.3, 0.4) is 0 Å². The summed E-state index contributed by atoms with van der Waals surface area (Å²) >= 11 is 0. The maximum absolute atomic E-state index is 12.0. The average Bonchev–Trinajstić information content (AvgIpc) is 2.55. The molecule has 0 aromatic heterocycles. The predicted molar refractivity (Wildman–Crippen MR) is 104 cm³/mol. The van der Waals surface area contributed by atoms with E-state index in [0.29, 0.717) is 19.1 Å². The number of hydrogen-bond acceptors (Lipinski definition) is 3. The molecule has 0 rings (SSSR count). The summed E-state index contributed by atoms with van der Waals surface area (Å²) in [6.07, 6.45) is 11.0. The Morgan fingerprint density at radius 1 is 1.04 bits per heavy atom. The van der Waals surface area contributed by atoms with Gasteiger partial charge in [0.05, 0.1) is 5.41 Å². The first-order chi connectivity index (χ1) is 11.9. The van der Waals surface area contributed by atoms with Crippen LogP contribution in [0.1, 0.15) is 86.0 Å². The zero-order valence-corrected chi connectivity index (χ0v) is 17.1. The first-order valence-corrected chi connectivity index (χ1v) is 10.0. The Labute approximate surface area is 155 Å². The number of aliphatic carboxylic acids is 1. The first-order valence-electron chi connectivity index (χ1n) is 10.0. The van der Waals surface area contributed by atoms with Gasteiger partial charge in [-0.25, -0.2) is 0 Å². The first kappa shape index (κ1) is 24.1. The second-order valence-corrected chi connectivity index (χ2v) is 7.24. The van der Waals surface area contributed by atoms with Crippen LogP contribution in [0.25, 0.3) is 0 Å². The fraction of sp³-hybridized carbons (Fsp3) is 0.857. The summed E-state index contributed by atoms with van der Waals surface area (Å²) in [6, 6.07) is 0. The van der Waals surface area contributed by atoms with Gasteiger partial charge in [0, 0.05) is 13.2 Å². The van der Waals surface area contributed by atoms with Crippen LogP contribution in [0.4, 0.5) is 0 Å². The second-order valence-electron chi connectivity index (χ2n) is 7.24. The van der Waals surface area contributed by atoms with Gasteiger partial charge in [0.1, 0.15) is 0 Å². The maximum atomic E-state index is 12.0. The molecular weight excluding hydrogens is 316 g/mol. The third kappa shape index (κ3) is 10.7. The van der Waals surface area contributed by atoms with Gasteiger partial charge in [-0.3, -0.25) is 4.79 Å². The van der Waals surface area contributed by atoms with Gasteiger partial charge in [-0.1, -0.05) is 46.1 Å². The van der Waals surface area contributed by atoms with Crippen LogP contribution in [0.15, 0.2) is 12.2 Å². The van der Waals surface area contributed by atoms with Gasteiger partial charge in [-0.05, 0) is 57.9 Å². The Morgan fingerprint density at radius 3 is 2.12 bits per heavy atom. The third-order valence-corrected chi connectivity index (χ3v) is 4.49. The molecule has 1 atom stereocenters. The Bertz CT molecular complexity index is 359. The predicted octanol–water partition coefficient (Wildman–Crippen LogP) is 5.81. The molecule has 0 aromatic rings. The molecule has 0 fully saturated rings. The Kier molecular flexibility index (Phi) is 13.8. The lowest BCUT2D eigenvalue weighted by molar-refractivity contribution is -0.151. The third-order valence-electron chi connectivity index (χ3n) is 4.49. The number of hydrogen-bond donors (Lipinski definition) is 1. The lowest BCUT2D eigenvalue weighted by Gasteiger charge is -2.31. The van der Waals surface area contributed by atoms with Crippen molar-refractivity contribution in [2.45, 2.75) is 92.3 Å². The molecular formula is C21H40O4. The number of carboxylic acids is 1. The molecule has 1 N–H and O–H groups in total. The molecule has 4 heteroatoms. The number of rotatable bonds is 16. The van der Waals surface area contributed by atoms with E-state index >= 15 is 0 Å². The van der Waals surface area contributed by atoms with Crippen molar-refractivity contribution in [3.63, 3.8) is 0 Å². The van der Waals surface area contributed by atoms with Crippen LogP contribution in [-0.2, 0) is 14.3 Å². The van der Waals surface area contributed by atoms with Crippen molar-refractivity contribution < 1.29 is 19.4 Å². The molecule has 4 nitrogen and oxygen atoms in total. The molecule has 0 amide bonds. The largest absolute Gasteiger partial charge is 0.481 e. The van der Waals surface area contributed by atoms with Crippen LogP contribution in [-0.4, -0.2) is 30.6 Å². The van der Waals surface area contributed by atoms with E-state index in [4.69, 9.17) is 9.47 Å². The minimum absolute atomic E-state index is 0.265. The van der Waals surface area contributed by atoms with Gasteiger partial charge in [-0.2, -0.15) is 0 Å². The Morgan fingerprint density at radius 2 is 1.64 bits per heavy atom. The van der Waals surface area contributed by atoms with Gasteiger partial charge in [0.15, 0.2) is 6.29 Å².